The highest BCUT2D eigenvalue weighted by Crippen LogP contribution is 2.23. The second kappa shape index (κ2) is 5.33. The van der Waals surface area contributed by atoms with Crippen LogP contribution in [0.4, 0.5) is 17.6 Å². The Bertz CT molecular complexity index is 434. The number of ether oxygens (including phenoxy) is 1. The summed E-state index contributed by atoms with van der Waals surface area (Å²) in [6, 6.07) is 1.08. The van der Waals surface area contributed by atoms with Crippen molar-refractivity contribution in [1.29, 1.82) is 0 Å². The Balaban J connectivity index is 3.06. The smallest absolute Gasteiger partial charge is 0.387 e. The number of carbonyl (C=O) groups is 1. The summed E-state index contributed by atoms with van der Waals surface area (Å²) in [6.45, 7) is -3.20. The molecule has 7 heteroatoms. The van der Waals surface area contributed by atoms with Crippen molar-refractivity contribution in [2.75, 3.05) is 0 Å². The molecule has 92 valence electrons. The van der Waals surface area contributed by atoms with Gasteiger partial charge < -0.3 is 9.84 Å². The van der Waals surface area contributed by atoms with E-state index in [1.807, 2.05) is 0 Å². The van der Waals surface area contributed by atoms with Crippen LogP contribution in [0.3, 0.4) is 0 Å². The summed E-state index contributed by atoms with van der Waals surface area (Å²) in [5.41, 5.74) is -0.644. The van der Waals surface area contributed by atoms with Crippen LogP contribution in [0.2, 0.25) is 0 Å². The average molecular weight is 250 g/mol. The molecule has 0 aliphatic heterocycles. The van der Waals surface area contributed by atoms with E-state index in [4.69, 9.17) is 5.11 Å². The van der Waals surface area contributed by atoms with Crippen LogP contribution in [-0.2, 0) is 4.79 Å². The van der Waals surface area contributed by atoms with Crippen LogP contribution in [0.15, 0.2) is 18.2 Å². The molecule has 0 heterocycles. The molecule has 0 saturated carbocycles. The van der Waals surface area contributed by atoms with Gasteiger partial charge in [0.15, 0.2) is 0 Å². The Morgan fingerprint density at radius 1 is 1.29 bits per heavy atom. The van der Waals surface area contributed by atoms with Crippen LogP contribution >= 0.6 is 0 Å². The standard InChI is InChI=1S/C10H6F4O3/c11-7-3-5(17-10(13)14)4-8(12)6(7)1-2-9(15)16/h1-4,10H,(H,15,16)/b2-1+. The Labute approximate surface area is 92.9 Å². The summed E-state index contributed by atoms with van der Waals surface area (Å²) in [5, 5.41) is 8.27. The van der Waals surface area contributed by atoms with E-state index < -0.39 is 35.5 Å². The van der Waals surface area contributed by atoms with Gasteiger partial charge >= 0.3 is 12.6 Å². The number of benzene rings is 1. The lowest BCUT2D eigenvalue weighted by atomic mass is 10.1. The van der Waals surface area contributed by atoms with Gasteiger partial charge in [0.05, 0.1) is 0 Å². The minimum Gasteiger partial charge on any atom is -0.478 e. The first-order valence-electron chi connectivity index (χ1n) is 4.25. The number of alkyl halides is 2. The summed E-state index contributed by atoms with van der Waals surface area (Å²) in [4.78, 5) is 10.2. The highest BCUT2D eigenvalue weighted by Gasteiger charge is 2.12. The van der Waals surface area contributed by atoms with E-state index in [0.717, 1.165) is 0 Å². The molecule has 1 aromatic rings. The molecule has 0 bridgehead atoms. The summed E-state index contributed by atoms with van der Waals surface area (Å²) in [5.74, 6) is -4.46. The van der Waals surface area contributed by atoms with Gasteiger partial charge in [-0.3, -0.25) is 0 Å². The molecule has 0 aromatic heterocycles. The van der Waals surface area contributed by atoms with Crippen LogP contribution in [0.5, 0.6) is 5.75 Å². The molecule has 1 rings (SSSR count). The first-order valence-corrected chi connectivity index (χ1v) is 4.25. The Morgan fingerprint density at radius 2 is 1.82 bits per heavy atom. The van der Waals surface area contributed by atoms with Gasteiger partial charge in [-0.2, -0.15) is 8.78 Å². The third-order valence-corrected chi connectivity index (χ3v) is 1.67. The first kappa shape index (κ1) is 13.0. The van der Waals surface area contributed by atoms with E-state index in [2.05, 4.69) is 4.74 Å². The van der Waals surface area contributed by atoms with E-state index in [-0.39, 0.29) is 0 Å². The normalized spacial score (nSPS) is 11.1. The lowest BCUT2D eigenvalue weighted by Gasteiger charge is -2.06. The molecule has 0 saturated heterocycles. The Hall–Kier alpha value is -2.05. The van der Waals surface area contributed by atoms with Crippen LogP contribution in [0.25, 0.3) is 6.08 Å². The fraction of sp³-hybridized carbons (Fsp3) is 0.100. The number of carboxylic acid groups (broad SMARTS) is 1. The van der Waals surface area contributed by atoms with E-state index in [9.17, 15) is 22.4 Å². The molecule has 1 N–H and O–H groups in total. The number of hydrogen-bond acceptors (Lipinski definition) is 2. The molecule has 0 spiro atoms. The van der Waals surface area contributed by atoms with E-state index in [0.29, 0.717) is 24.3 Å². The van der Waals surface area contributed by atoms with Gasteiger partial charge in [-0.1, -0.05) is 0 Å². The predicted octanol–water partition coefficient (Wildman–Crippen LogP) is 2.66. The maximum Gasteiger partial charge on any atom is 0.387 e. The van der Waals surface area contributed by atoms with Crippen molar-refractivity contribution in [3.63, 3.8) is 0 Å². The van der Waals surface area contributed by atoms with Crippen molar-refractivity contribution in [3.8, 4) is 5.75 Å². The molecule has 0 atom stereocenters. The van der Waals surface area contributed by atoms with Crippen LogP contribution in [0.1, 0.15) is 5.56 Å². The van der Waals surface area contributed by atoms with Crippen LogP contribution in [-0.4, -0.2) is 17.7 Å². The largest absolute Gasteiger partial charge is 0.478 e. The van der Waals surface area contributed by atoms with Gasteiger partial charge in [-0.05, 0) is 6.08 Å². The van der Waals surface area contributed by atoms with E-state index in [1.54, 1.807) is 0 Å². The third kappa shape index (κ3) is 3.78. The fourth-order valence-corrected chi connectivity index (χ4v) is 1.05. The number of rotatable bonds is 4. The third-order valence-electron chi connectivity index (χ3n) is 1.67. The number of aliphatic carboxylic acids is 1. The zero-order valence-electron chi connectivity index (χ0n) is 8.16. The van der Waals surface area contributed by atoms with Gasteiger partial charge in [-0.15, -0.1) is 0 Å². The SMILES string of the molecule is O=C(O)/C=C/c1c(F)cc(OC(F)F)cc1F. The minimum absolute atomic E-state index is 0.523. The molecule has 3 nitrogen and oxygen atoms in total. The maximum atomic E-state index is 13.2. The van der Waals surface area contributed by atoms with Gasteiger partial charge in [0, 0.05) is 23.8 Å². The first-order chi connectivity index (χ1) is 7.90. The van der Waals surface area contributed by atoms with Gasteiger partial charge in [0.2, 0.25) is 0 Å². The lowest BCUT2D eigenvalue weighted by Crippen LogP contribution is -2.03. The van der Waals surface area contributed by atoms with Crippen LogP contribution < -0.4 is 4.74 Å². The lowest BCUT2D eigenvalue weighted by molar-refractivity contribution is -0.131. The molecule has 17 heavy (non-hydrogen) atoms. The van der Waals surface area contributed by atoms with Crippen molar-refractivity contribution < 1.29 is 32.2 Å². The van der Waals surface area contributed by atoms with Crippen LogP contribution in [0, 0.1) is 11.6 Å². The topological polar surface area (TPSA) is 46.5 Å². The fourth-order valence-electron chi connectivity index (χ4n) is 1.05. The maximum absolute atomic E-state index is 13.2. The summed E-state index contributed by atoms with van der Waals surface area (Å²) in [7, 11) is 0. The second-order valence-corrected chi connectivity index (χ2v) is 2.85. The molecule has 0 aliphatic carbocycles. The number of halogens is 4. The van der Waals surface area contributed by atoms with E-state index in [1.165, 1.54) is 0 Å². The van der Waals surface area contributed by atoms with Gasteiger partial charge in [-0.25, -0.2) is 13.6 Å². The van der Waals surface area contributed by atoms with E-state index >= 15 is 0 Å². The van der Waals surface area contributed by atoms with Crippen molar-refractivity contribution >= 4 is 12.0 Å². The summed E-state index contributed by atoms with van der Waals surface area (Å²) >= 11 is 0. The molecule has 0 unspecified atom stereocenters. The minimum atomic E-state index is -3.20. The highest BCUT2D eigenvalue weighted by atomic mass is 19.3. The summed E-state index contributed by atoms with van der Waals surface area (Å²) in [6.07, 6.45) is 1.20. The number of carboxylic acids is 1. The molecular formula is C10H6F4O3. The molecular weight excluding hydrogens is 244 g/mol. The zero-order chi connectivity index (χ0) is 13.0. The summed E-state index contributed by atoms with van der Waals surface area (Å²) < 4.78 is 53.8. The molecule has 0 radical (unpaired) electrons. The molecule has 0 aliphatic rings. The highest BCUT2D eigenvalue weighted by molar-refractivity contribution is 5.85. The van der Waals surface area contributed by atoms with Gasteiger partial charge in [0.1, 0.15) is 17.4 Å². The monoisotopic (exact) mass is 250 g/mol. The Kier molecular flexibility index (Phi) is 4.08. The molecule has 1 aromatic carbocycles. The second-order valence-electron chi connectivity index (χ2n) is 2.85. The van der Waals surface area contributed by atoms with Crippen molar-refractivity contribution in [2.45, 2.75) is 6.61 Å². The van der Waals surface area contributed by atoms with Crippen molar-refractivity contribution in [1.82, 2.24) is 0 Å². The van der Waals surface area contributed by atoms with Gasteiger partial charge in [0.25, 0.3) is 0 Å². The van der Waals surface area contributed by atoms with Crippen molar-refractivity contribution in [2.24, 2.45) is 0 Å². The van der Waals surface area contributed by atoms with Crippen molar-refractivity contribution in [3.05, 3.63) is 35.4 Å². The molecule has 0 amide bonds. The predicted molar refractivity (Wildman–Crippen MR) is 49.7 cm³/mol. The zero-order valence-corrected chi connectivity index (χ0v) is 8.16. The quantitative estimate of drug-likeness (QED) is 0.660. The average Bonchev–Trinajstić information content (AvgIpc) is 2.14. The number of hydrogen-bond donors (Lipinski definition) is 1. The Morgan fingerprint density at radius 3 is 2.24 bits per heavy atom. The molecule has 0 fully saturated rings.